The summed E-state index contributed by atoms with van der Waals surface area (Å²) in [6, 6.07) is 13.0. The fourth-order valence-corrected chi connectivity index (χ4v) is 4.04. The number of hydrogen-bond acceptors (Lipinski definition) is 0. The van der Waals surface area contributed by atoms with Crippen LogP contribution < -0.4 is 0 Å². The van der Waals surface area contributed by atoms with Gasteiger partial charge in [-0.25, -0.2) is 0 Å². The highest BCUT2D eigenvalue weighted by molar-refractivity contribution is 9.09. The lowest BCUT2D eigenvalue weighted by atomic mass is 9.91. The minimum Gasteiger partial charge on any atom is -0.0786 e. The number of aryl methyl sites for hydroxylation is 4. The van der Waals surface area contributed by atoms with E-state index in [1.54, 1.807) is 0 Å². The van der Waals surface area contributed by atoms with Gasteiger partial charge in [-0.2, -0.15) is 0 Å². The molecule has 2 rings (SSSR count). The Bertz CT molecular complexity index is 478. The maximum atomic E-state index is 3.90. The van der Waals surface area contributed by atoms with Gasteiger partial charge < -0.3 is 0 Å². The van der Waals surface area contributed by atoms with Crippen molar-refractivity contribution in [3.05, 3.63) is 69.8 Å². The first-order chi connectivity index (χ1) is 8.52. The number of alkyl halides is 1. The summed E-state index contributed by atoms with van der Waals surface area (Å²) >= 11 is 3.90. The zero-order chi connectivity index (χ0) is 13.3. The highest BCUT2D eigenvalue weighted by Crippen LogP contribution is 2.38. The molecular weight excluding hydrogens is 284 g/mol. The van der Waals surface area contributed by atoms with Crippen molar-refractivity contribution < 1.29 is 0 Å². The monoisotopic (exact) mass is 302 g/mol. The second-order valence-electron chi connectivity index (χ2n) is 4.97. The number of rotatable bonds is 2. The molecule has 0 N–H and O–H groups in total. The lowest BCUT2D eigenvalue weighted by Crippen LogP contribution is -2.03. The molecule has 2 aromatic rings. The normalized spacial score (nSPS) is 11.0. The summed E-state index contributed by atoms with van der Waals surface area (Å²) in [5.41, 5.74) is 8.18. The molecular formula is C17H19Br. The Morgan fingerprint density at radius 3 is 1.22 bits per heavy atom. The third-order valence-corrected chi connectivity index (χ3v) is 4.51. The smallest absolute Gasteiger partial charge is 0.0654 e. The van der Waals surface area contributed by atoms with Gasteiger partial charge in [0.15, 0.2) is 0 Å². The standard InChI is InChI=1S/C17H19Br/c1-11-7-5-8-12(2)15(11)17(18)16-13(3)9-6-10-14(16)4/h5-10,17H,1-4H3. The van der Waals surface area contributed by atoms with Crippen molar-refractivity contribution in [3.8, 4) is 0 Å². The van der Waals surface area contributed by atoms with E-state index in [1.807, 2.05) is 0 Å². The van der Waals surface area contributed by atoms with Crippen molar-refractivity contribution in [2.75, 3.05) is 0 Å². The molecule has 0 radical (unpaired) electrons. The summed E-state index contributed by atoms with van der Waals surface area (Å²) in [5, 5.41) is 0. The minimum atomic E-state index is 0.278. The van der Waals surface area contributed by atoms with Gasteiger partial charge in [-0.3, -0.25) is 0 Å². The van der Waals surface area contributed by atoms with Gasteiger partial charge in [-0.05, 0) is 61.1 Å². The molecule has 0 saturated heterocycles. The van der Waals surface area contributed by atoms with Crippen molar-refractivity contribution in [1.29, 1.82) is 0 Å². The van der Waals surface area contributed by atoms with Crippen LogP contribution in [-0.2, 0) is 0 Å². The van der Waals surface area contributed by atoms with E-state index in [1.165, 1.54) is 33.4 Å². The second-order valence-corrected chi connectivity index (χ2v) is 5.89. The van der Waals surface area contributed by atoms with E-state index in [0.29, 0.717) is 0 Å². The van der Waals surface area contributed by atoms with Gasteiger partial charge in [-0.1, -0.05) is 52.3 Å². The molecule has 0 aliphatic rings. The van der Waals surface area contributed by atoms with Crippen molar-refractivity contribution in [3.63, 3.8) is 0 Å². The summed E-state index contributed by atoms with van der Waals surface area (Å²) in [7, 11) is 0. The predicted molar refractivity (Wildman–Crippen MR) is 82.6 cm³/mol. The molecule has 0 unspecified atom stereocenters. The van der Waals surface area contributed by atoms with Crippen LogP contribution in [-0.4, -0.2) is 0 Å². The molecule has 0 heterocycles. The molecule has 0 atom stereocenters. The zero-order valence-corrected chi connectivity index (χ0v) is 13.0. The lowest BCUT2D eigenvalue weighted by molar-refractivity contribution is 1.07. The molecule has 0 fully saturated rings. The number of benzene rings is 2. The van der Waals surface area contributed by atoms with Crippen LogP contribution in [0.2, 0.25) is 0 Å². The van der Waals surface area contributed by atoms with E-state index in [0.717, 1.165) is 0 Å². The van der Waals surface area contributed by atoms with Gasteiger partial charge in [0.05, 0.1) is 4.83 Å². The van der Waals surface area contributed by atoms with E-state index >= 15 is 0 Å². The van der Waals surface area contributed by atoms with E-state index in [9.17, 15) is 0 Å². The molecule has 0 amide bonds. The van der Waals surface area contributed by atoms with Crippen LogP contribution in [0.5, 0.6) is 0 Å². The average molecular weight is 303 g/mol. The summed E-state index contributed by atoms with van der Waals surface area (Å²) in [4.78, 5) is 0.278. The van der Waals surface area contributed by atoms with Crippen molar-refractivity contribution in [1.82, 2.24) is 0 Å². The molecule has 0 aliphatic heterocycles. The SMILES string of the molecule is Cc1cccc(C)c1C(Br)c1c(C)cccc1C. The first-order valence-electron chi connectivity index (χ1n) is 6.28. The Hall–Kier alpha value is -1.08. The largest absolute Gasteiger partial charge is 0.0786 e. The summed E-state index contributed by atoms with van der Waals surface area (Å²) in [6.45, 7) is 8.74. The Morgan fingerprint density at radius 1 is 0.667 bits per heavy atom. The van der Waals surface area contributed by atoms with Crippen LogP contribution in [0.4, 0.5) is 0 Å². The first kappa shape index (κ1) is 13.4. The summed E-state index contributed by atoms with van der Waals surface area (Å²) < 4.78 is 0. The van der Waals surface area contributed by atoms with Crippen molar-refractivity contribution in [2.24, 2.45) is 0 Å². The van der Waals surface area contributed by atoms with Crippen LogP contribution >= 0.6 is 15.9 Å². The van der Waals surface area contributed by atoms with Crippen molar-refractivity contribution in [2.45, 2.75) is 32.5 Å². The Kier molecular flexibility index (Phi) is 3.91. The first-order valence-corrected chi connectivity index (χ1v) is 7.20. The van der Waals surface area contributed by atoms with Gasteiger partial charge >= 0.3 is 0 Å². The van der Waals surface area contributed by atoms with E-state index in [4.69, 9.17) is 0 Å². The molecule has 2 aromatic carbocycles. The molecule has 0 nitrogen and oxygen atoms in total. The molecule has 0 saturated carbocycles. The van der Waals surface area contributed by atoms with Crippen LogP contribution in [0, 0.1) is 27.7 Å². The van der Waals surface area contributed by atoms with Gasteiger partial charge in [0.1, 0.15) is 0 Å². The van der Waals surface area contributed by atoms with E-state index in [-0.39, 0.29) is 4.83 Å². The minimum absolute atomic E-state index is 0.278. The molecule has 0 aliphatic carbocycles. The van der Waals surface area contributed by atoms with Crippen LogP contribution in [0.15, 0.2) is 36.4 Å². The third kappa shape index (κ3) is 2.37. The fourth-order valence-electron chi connectivity index (χ4n) is 2.60. The van der Waals surface area contributed by atoms with Crippen molar-refractivity contribution >= 4 is 15.9 Å². The highest BCUT2D eigenvalue weighted by atomic mass is 79.9. The van der Waals surface area contributed by atoms with Crippen LogP contribution in [0.3, 0.4) is 0 Å². The molecule has 94 valence electrons. The molecule has 18 heavy (non-hydrogen) atoms. The van der Waals surface area contributed by atoms with Gasteiger partial charge in [0.25, 0.3) is 0 Å². The van der Waals surface area contributed by atoms with Crippen LogP contribution in [0.25, 0.3) is 0 Å². The molecule has 0 spiro atoms. The Labute approximate surface area is 118 Å². The highest BCUT2D eigenvalue weighted by Gasteiger charge is 2.18. The van der Waals surface area contributed by atoms with E-state index in [2.05, 4.69) is 80.0 Å². The quantitative estimate of drug-likeness (QED) is 0.651. The number of halogens is 1. The topological polar surface area (TPSA) is 0 Å². The lowest BCUT2D eigenvalue weighted by Gasteiger charge is -2.20. The summed E-state index contributed by atoms with van der Waals surface area (Å²) in [5.74, 6) is 0. The summed E-state index contributed by atoms with van der Waals surface area (Å²) in [6.07, 6.45) is 0. The Morgan fingerprint density at radius 2 is 0.944 bits per heavy atom. The predicted octanol–water partition coefficient (Wildman–Crippen LogP) is 5.40. The average Bonchev–Trinajstić information content (AvgIpc) is 2.28. The molecule has 1 heteroatoms. The molecule has 0 aromatic heterocycles. The Balaban J connectivity index is 2.58. The zero-order valence-electron chi connectivity index (χ0n) is 11.4. The third-order valence-electron chi connectivity index (χ3n) is 3.59. The molecule has 0 bridgehead atoms. The van der Waals surface area contributed by atoms with Gasteiger partial charge in [0.2, 0.25) is 0 Å². The maximum absolute atomic E-state index is 3.90. The fraction of sp³-hybridized carbons (Fsp3) is 0.294. The second kappa shape index (κ2) is 5.27. The number of hydrogen-bond donors (Lipinski definition) is 0. The van der Waals surface area contributed by atoms with Gasteiger partial charge in [0, 0.05) is 0 Å². The maximum Gasteiger partial charge on any atom is 0.0654 e. The van der Waals surface area contributed by atoms with Gasteiger partial charge in [-0.15, -0.1) is 0 Å². The van der Waals surface area contributed by atoms with E-state index < -0.39 is 0 Å². The van der Waals surface area contributed by atoms with Crippen LogP contribution in [0.1, 0.15) is 38.2 Å².